The first kappa shape index (κ1) is 20.3. The predicted molar refractivity (Wildman–Crippen MR) is 107 cm³/mol. The van der Waals surface area contributed by atoms with Crippen LogP contribution < -0.4 is 5.46 Å². The number of imidazole rings is 1. The molecule has 2 fully saturated rings. The molecule has 0 aromatic carbocycles. The molecule has 2 aliphatic heterocycles. The van der Waals surface area contributed by atoms with E-state index in [4.69, 9.17) is 14.3 Å². The second-order valence-corrected chi connectivity index (χ2v) is 8.72. The van der Waals surface area contributed by atoms with Gasteiger partial charge in [-0.3, -0.25) is 9.29 Å². The smallest absolute Gasteiger partial charge is 0.399 e. The molecule has 2 aromatic rings. The number of aryl methyl sites for hydroxylation is 1. The van der Waals surface area contributed by atoms with Crippen molar-refractivity contribution >= 4 is 18.2 Å². The molecule has 0 radical (unpaired) electrons. The standard InChI is InChI=1S/C19H28BN3O2.CH3F/c1-13-10-22(11-13)12-16-14(2)23-8-7-15(9-17(23)21-16)20-24-18(3,4)19(5,6)25-20;1-2/h7-9,13H,10-12H2,1-6H3;1H3. The first-order chi connectivity index (χ1) is 12.7. The lowest BCUT2D eigenvalue weighted by Gasteiger charge is -2.36. The highest BCUT2D eigenvalue weighted by atomic mass is 19.1. The molecule has 27 heavy (non-hydrogen) atoms. The molecule has 0 spiro atoms. The normalized spacial score (nSPS) is 21.9. The summed E-state index contributed by atoms with van der Waals surface area (Å²) >= 11 is 0. The molecule has 4 heterocycles. The molecule has 2 aromatic heterocycles. The number of hydrogen-bond acceptors (Lipinski definition) is 4. The van der Waals surface area contributed by atoms with Crippen LogP contribution in [0.1, 0.15) is 46.0 Å². The van der Waals surface area contributed by atoms with Crippen LogP contribution in [0.15, 0.2) is 18.3 Å². The Bertz CT molecular complexity index is 799. The van der Waals surface area contributed by atoms with Crippen molar-refractivity contribution in [2.45, 2.75) is 59.3 Å². The van der Waals surface area contributed by atoms with E-state index in [1.807, 2.05) is 0 Å². The molecule has 0 saturated carbocycles. The van der Waals surface area contributed by atoms with E-state index in [0.717, 1.165) is 29.3 Å². The molecule has 0 unspecified atom stereocenters. The van der Waals surface area contributed by atoms with Crippen molar-refractivity contribution in [3.63, 3.8) is 0 Å². The lowest BCUT2D eigenvalue weighted by Crippen LogP contribution is -2.44. The first-order valence-electron chi connectivity index (χ1n) is 9.59. The van der Waals surface area contributed by atoms with Crippen molar-refractivity contribution in [3.05, 3.63) is 29.7 Å². The Morgan fingerprint density at radius 1 is 1.19 bits per heavy atom. The maximum Gasteiger partial charge on any atom is 0.495 e. The zero-order valence-electron chi connectivity index (χ0n) is 17.5. The molecule has 5 nitrogen and oxygen atoms in total. The van der Waals surface area contributed by atoms with Gasteiger partial charge < -0.3 is 13.7 Å². The summed E-state index contributed by atoms with van der Waals surface area (Å²) in [4.78, 5) is 7.33. The van der Waals surface area contributed by atoms with Gasteiger partial charge in [-0.2, -0.15) is 0 Å². The monoisotopic (exact) mass is 375 g/mol. The summed E-state index contributed by atoms with van der Waals surface area (Å²) in [6.45, 7) is 16.0. The fourth-order valence-electron chi connectivity index (χ4n) is 3.68. The van der Waals surface area contributed by atoms with Gasteiger partial charge in [-0.15, -0.1) is 0 Å². The van der Waals surface area contributed by atoms with Gasteiger partial charge in [0.1, 0.15) is 5.65 Å². The van der Waals surface area contributed by atoms with Crippen LogP contribution in [-0.4, -0.2) is 52.9 Å². The maximum absolute atomic E-state index is 9.50. The number of pyridine rings is 1. The lowest BCUT2D eigenvalue weighted by atomic mass is 9.80. The van der Waals surface area contributed by atoms with Crippen molar-refractivity contribution < 1.29 is 13.7 Å². The Morgan fingerprint density at radius 2 is 1.78 bits per heavy atom. The van der Waals surface area contributed by atoms with Gasteiger partial charge >= 0.3 is 7.12 Å². The summed E-state index contributed by atoms with van der Waals surface area (Å²) in [5, 5.41) is 0. The minimum absolute atomic E-state index is 0.325. The molecule has 0 amide bonds. The van der Waals surface area contributed by atoms with E-state index in [1.54, 1.807) is 0 Å². The van der Waals surface area contributed by atoms with Crippen molar-refractivity contribution in [2.75, 3.05) is 20.3 Å². The lowest BCUT2D eigenvalue weighted by molar-refractivity contribution is 0.00578. The highest BCUT2D eigenvalue weighted by molar-refractivity contribution is 6.62. The molecular weight excluding hydrogens is 344 g/mol. The van der Waals surface area contributed by atoms with E-state index < -0.39 is 0 Å². The number of hydrogen-bond donors (Lipinski definition) is 0. The third-order valence-corrected chi connectivity index (χ3v) is 6.03. The van der Waals surface area contributed by atoms with Gasteiger partial charge in [-0.1, -0.05) is 6.92 Å². The van der Waals surface area contributed by atoms with Crippen LogP contribution in [0.3, 0.4) is 0 Å². The van der Waals surface area contributed by atoms with E-state index >= 15 is 0 Å². The van der Waals surface area contributed by atoms with Crippen molar-refractivity contribution in [1.29, 1.82) is 0 Å². The number of rotatable bonds is 3. The number of fused-ring (bicyclic) bond motifs is 1. The van der Waals surface area contributed by atoms with E-state index in [1.165, 1.54) is 18.8 Å². The molecule has 4 rings (SSSR count). The summed E-state index contributed by atoms with van der Waals surface area (Å²) in [5.41, 5.74) is 3.73. The van der Waals surface area contributed by atoms with Crippen LogP contribution in [-0.2, 0) is 15.9 Å². The highest BCUT2D eigenvalue weighted by Gasteiger charge is 2.51. The molecule has 7 heteroatoms. The number of nitrogens with zero attached hydrogens (tertiary/aromatic N) is 3. The van der Waals surface area contributed by atoms with Crippen LogP contribution in [0.5, 0.6) is 0 Å². The molecule has 2 saturated heterocycles. The summed E-state index contributed by atoms with van der Waals surface area (Å²) in [6, 6.07) is 4.18. The van der Waals surface area contributed by atoms with Gasteiger partial charge in [-0.25, -0.2) is 4.98 Å². The van der Waals surface area contributed by atoms with Crippen molar-refractivity contribution in [2.24, 2.45) is 5.92 Å². The van der Waals surface area contributed by atoms with Gasteiger partial charge in [0, 0.05) is 31.5 Å². The Labute approximate surface area is 162 Å². The average Bonchev–Trinajstić information content (AvgIpc) is 3.01. The topological polar surface area (TPSA) is 39.0 Å². The number of halogens is 1. The Balaban J connectivity index is 0.00000102. The van der Waals surface area contributed by atoms with Gasteiger partial charge in [-0.05, 0) is 58.1 Å². The van der Waals surface area contributed by atoms with Gasteiger partial charge in [0.15, 0.2) is 0 Å². The average molecular weight is 375 g/mol. The summed E-state index contributed by atoms with van der Waals surface area (Å²) < 4.78 is 24.0. The van der Waals surface area contributed by atoms with E-state index in [0.29, 0.717) is 7.18 Å². The largest absolute Gasteiger partial charge is 0.495 e. The second-order valence-electron chi connectivity index (χ2n) is 8.72. The fourth-order valence-corrected chi connectivity index (χ4v) is 3.68. The van der Waals surface area contributed by atoms with E-state index in [9.17, 15) is 4.39 Å². The molecule has 0 N–H and O–H groups in total. The zero-order chi connectivity index (χ0) is 20.0. The summed E-state index contributed by atoms with van der Waals surface area (Å²) in [6.07, 6.45) is 2.08. The quantitative estimate of drug-likeness (QED) is 0.774. The van der Waals surface area contributed by atoms with E-state index in [2.05, 4.69) is 69.2 Å². The highest BCUT2D eigenvalue weighted by Crippen LogP contribution is 2.36. The molecule has 0 atom stereocenters. The summed E-state index contributed by atoms with van der Waals surface area (Å²) in [7, 11) is 0.159. The molecule has 0 bridgehead atoms. The van der Waals surface area contributed by atoms with Crippen LogP contribution >= 0.6 is 0 Å². The minimum atomic E-state index is -0.341. The predicted octanol–water partition coefficient (Wildman–Crippen LogP) is 2.98. The Hall–Kier alpha value is -1.44. The number of likely N-dealkylation sites (tertiary alicyclic amines) is 1. The minimum Gasteiger partial charge on any atom is -0.399 e. The number of alkyl halides is 1. The first-order valence-corrected chi connectivity index (χ1v) is 9.59. The van der Waals surface area contributed by atoms with Gasteiger partial charge in [0.05, 0.1) is 24.1 Å². The zero-order valence-corrected chi connectivity index (χ0v) is 17.5. The molecular formula is C20H31BFN3O2. The third kappa shape index (κ3) is 3.65. The Morgan fingerprint density at radius 3 is 2.33 bits per heavy atom. The van der Waals surface area contributed by atoms with Gasteiger partial charge in [0.2, 0.25) is 0 Å². The summed E-state index contributed by atoms with van der Waals surface area (Å²) in [5.74, 6) is 0.812. The van der Waals surface area contributed by atoms with Crippen molar-refractivity contribution in [3.8, 4) is 0 Å². The van der Waals surface area contributed by atoms with Crippen LogP contribution in [0.25, 0.3) is 5.65 Å². The fraction of sp³-hybridized carbons (Fsp3) is 0.650. The molecule has 0 aliphatic carbocycles. The Kier molecular flexibility index (Phi) is 5.40. The third-order valence-electron chi connectivity index (χ3n) is 6.03. The SMILES string of the molecule is CF.Cc1c(CN2CC(C)C2)nc2cc(B3OC(C)(C)C(C)(C)O3)ccn12. The van der Waals surface area contributed by atoms with E-state index in [-0.39, 0.29) is 18.3 Å². The molecule has 2 aliphatic rings. The van der Waals surface area contributed by atoms with Gasteiger partial charge in [0.25, 0.3) is 0 Å². The van der Waals surface area contributed by atoms with Crippen molar-refractivity contribution in [1.82, 2.24) is 14.3 Å². The molecule has 148 valence electrons. The van der Waals surface area contributed by atoms with Crippen LogP contribution in [0, 0.1) is 12.8 Å². The van der Waals surface area contributed by atoms with Crippen LogP contribution in [0.2, 0.25) is 0 Å². The second kappa shape index (κ2) is 7.19. The number of aromatic nitrogens is 2. The maximum atomic E-state index is 9.50. The van der Waals surface area contributed by atoms with Crippen LogP contribution in [0.4, 0.5) is 4.39 Å².